The summed E-state index contributed by atoms with van der Waals surface area (Å²) in [4.78, 5) is 0. The summed E-state index contributed by atoms with van der Waals surface area (Å²) < 4.78 is 10.7. The van der Waals surface area contributed by atoms with E-state index in [9.17, 15) is 0 Å². The van der Waals surface area contributed by atoms with Crippen molar-refractivity contribution in [3.63, 3.8) is 0 Å². The number of benzene rings is 2. The van der Waals surface area contributed by atoms with Crippen molar-refractivity contribution < 1.29 is 9.47 Å². The van der Waals surface area contributed by atoms with Crippen LogP contribution in [0.4, 0.5) is 0 Å². The highest BCUT2D eigenvalue weighted by Gasteiger charge is 2.09. The number of rotatable bonds is 3. The van der Waals surface area contributed by atoms with Crippen molar-refractivity contribution in [1.82, 2.24) is 0 Å². The van der Waals surface area contributed by atoms with Crippen molar-refractivity contribution in [3.8, 4) is 11.5 Å². The van der Waals surface area contributed by atoms with E-state index >= 15 is 0 Å². The van der Waals surface area contributed by atoms with Crippen LogP contribution in [0.25, 0.3) is 10.8 Å². The number of fused-ring (bicyclic) bond motifs is 1. The van der Waals surface area contributed by atoms with Crippen molar-refractivity contribution in [2.75, 3.05) is 14.2 Å². The van der Waals surface area contributed by atoms with E-state index in [2.05, 4.69) is 32.0 Å². The van der Waals surface area contributed by atoms with Crippen molar-refractivity contribution >= 4 is 10.8 Å². The van der Waals surface area contributed by atoms with E-state index in [1.54, 1.807) is 14.2 Å². The van der Waals surface area contributed by atoms with Crippen LogP contribution in [0.2, 0.25) is 0 Å². The second-order valence-corrected chi connectivity index (χ2v) is 4.46. The van der Waals surface area contributed by atoms with Gasteiger partial charge in [0.05, 0.1) is 14.2 Å². The Bertz CT molecular complexity index is 530. The Morgan fingerprint density at radius 1 is 0.882 bits per heavy atom. The first-order valence-electron chi connectivity index (χ1n) is 5.81. The van der Waals surface area contributed by atoms with Crippen molar-refractivity contribution in [2.45, 2.75) is 19.8 Å². The summed E-state index contributed by atoms with van der Waals surface area (Å²) in [5.41, 5.74) is 1.24. The lowest BCUT2D eigenvalue weighted by Gasteiger charge is -2.13. The molecule has 0 amide bonds. The van der Waals surface area contributed by atoms with Crippen LogP contribution in [0, 0.1) is 0 Å². The van der Waals surface area contributed by atoms with E-state index in [4.69, 9.17) is 9.47 Å². The van der Waals surface area contributed by atoms with Crippen LogP contribution in [0.5, 0.6) is 11.5 Å². The highest BCUT2D eigenvalue weighted by Crippen LogP contribution is 2.32. The number of hydrogen-bond acceptors (Lipinski definition) is 2. The van der Waals surface area contributed by atoms with Gasteiger partial charge in [0.25, 0.3) is 0 Å². The van der Waals surface area contributed by atoms with E-state index in [1.807, 2.05) is 12.1 Å². The second kappa shape index (κ2) is 4.66. The molecule has 17 heavy (non-hydrogen) atoms. The molecule has 0 aliphatic rings. The first-order valence-corrected chi connectivity index (χ1v) is 5.81. The van der Waals surface area contributed by atoms with E-state index in [-0.39, 0.29) is 0 Å². The maximum atomic E-state index is 5.45. The summed E-state index contributed by atoms with van der Waals surface area (Å²) in [7, 11) is 3.40. The van der Waals surface area contributed by atoms with Crippen LogP contribution in [-0.2, 0) is 0 Å². The van der Waals surface area contributed by atoms with Crippen molar-refractivity contribution in [2.24, 2.45) is 0 Å². The highest BCUT2D eigenvalue weighted by atomic mass is 16.5. The van der Waals surface area contributed by atoms with Crippen LogP contribution in [0.3, 0.4) is 0 Å². The van der Waals surface area contributed by atoms with Gasteiger partial charge in [-0.25, -0.2) is 0 Å². The average Bonchev–Trinajstić information content (AvgIpc) is 2.36. The lowest BCUT2D eigenvalue weighted by Crippen LogP contribution is -1.94. The molecule has 0 saturated carbocycles. The van der Waals surface area contributed by atoms with Crippen LogP contribution >= 0.6 is 0 Å². The van der Waals surface area contributed by atoms with E-state index in [0.717, 1.165) is 16.9 Å². The van der Waals surface area contributed by atoms with E-state index < -0.39 is 0 Å². The zero-order chi connectivity index (χ0) is 12.4. The Kier molecular flexibility index (Phi) is 3.23. The molecule has 0 radical (unpaired) electrons. The third-order valence-electron chi connectivity index (χ3n) is 3.02. The monoisotopic (exact) mass is 230 g/mol. The molecule has 0 N–H and O–H groups in total. The third-order valence-corrected chi connectivity index (χ3v) is 3.02. The van der Waals surface area contributed by atoms with Crippen molar-refractivity contribution in [3.05, 3.63) is 35.9 Å². The molecule has 0 atom stereocenters. The SMILES string of the molecule is COc1ccc2cc(C(C)C)c(OC)cc2c1. The first kappa shape index (κ1) is 11.8. The molecule has 0 aromatic heterocycles. The zero-order valence-electron chi connectivity index (χ0n) is 10.8. The van der Waals surface area contributed by atoms with Crippen LogP contribution in [0.15, 0.2) is 30.3 Å². The topological polar surface area (TPSA) is 18.5 Å². The molecular formula is C15H18O2. The molecule has 0 spiro atoms. The fraction of sp³-hybridized carbons (Fsp3) is 0.333. The molecule has 0 bridgehead atoms. The normalized spacial score (nSPS) is 10.9. The molecule has 2 heteroatoms. The Labute approximate surface area is 102 Å². The quantitative estimate of drug-likeness (QED) is 0.794. The summed E-state index contributed by atoms with van der Waals surface area (Å²) in [5.74, 6) is 2.27. The number of methoxy groups -OCH3 is 2. The molecule has 0 unspecified atom stereocenters. The van der Waals surface area contributed by atoms with Gasteiger partial charge in [-0.3, -0.25) is 0 Å². The van der Waals surface area contributed by atoms with Crippen molar-refractivity contribution in [1.29, 1.82) is 0 Å². The summed E-state index contributed by atoms with van der Waals surface area (Å²) in [6.45, 7) is 4.35. The summed E-state index contributed by atoms with van der Waals surface area (Å²) >= 11 is 0. The lowest BCUT2D eigenvalue weighted by molar-refractivity contribution is 0.408. The van der Waals surface area contributed by atoms with Gasteiger partial charge in [-0.1, -0.05) is 19.9 Å². The largest absolute Gasteiger partial charge is 0.497 e. The highest BCUT2D eigenvalue weighted by molar-refractivity contribution is 5.86. The predicted molar refractivity (Wildman–Crippen MR) is 71.1 cm³/mol. The standard InChI is InChI=1S/C15H18O2/c1-10(2)14-8-11-5-6-13(16-3)7-12(11)9-15(14)17-4/h5-10H,1-4H3. The maximum absolute atomic E-state index is 5.45. The lowest BCUT2D eigenvalue weighted by atomic mass is 9.98. The Hall–Kier alpha value is -1.70. The molecule has 0 aliphatic carbocycles. The van der Waals surface area contributed by atoms with Crippen LogP contribution in [-0.4, -0.2) is 14.2 Å². The van der Waals surface area contributed by atoms with Gasteiger partial charge in [0, 0.05) is 0 Å². The molecule has 2 nitrogen and oxygen atoms in total. The van der Waals surface area contributed by atoms with Crippen LogP contribution < -0.4 is 9.47 Å². The van der Waals surface area contributed by atoms with Crippen LogP contribution in [0.1, 0.15) is 25.3 Å². The van der Waals surface area contributed by atoms with E-state index in [0.29, 0.717) is 5.92 Å². The summed E-state index contributed by atoms with van der Waals surface area (Å²) in [6, 6.07) is 10.4. The fourth-order valence-corrected chi connectivity index (χ4v) is 2.03. The smallest absolute Gasteiger partial charge is 0.122 e. The second-order valence-electron chi connectivity index (χ2n) is 4.46. The average molecular weight is 230 g/mol. The molecule has 0 heterocycles. The minimum atomic E-state index is 0.455. The minimum Gasteiger partial charge on any atom is -0.497 e. The fourth-order valence-electron chi connectivity index (χ4n) is 2.03. The maximum Gasteiger partial charge on any atom is 0.122 e. The molecule has 0 saturated heterocycles. The summed E-state index contributed by atoms with van der Waals surface area (Å²) in [5, 5.41) is 2.36. The molecule has 2 aromatic rings. The minimum absolute atomic E-state index is 0.455. The zero-order valence-corrected chi connectivity index (χ0v) is 10.8. The van der Waals surface area contributed by atoms with Gasteiger partial charge in [0.2, 0.25) is 0 Å². The third kappa shape index (κ3) is 2.21. The number of ether oxygens (including phenoxy) is 2. The van der Waals surface area contributed by atoms with Gasteiger partial charge in [0.15, 0.2) is 0 Å². The van der Waals surface area contributed by atoms with Gasteiger partial charge >= 0.3 is 0 Å². The van der Waals surface area contributed by atoms with Gasteiger partial charge in [-0.15, -0.1) is 0 Å². The molecule has 90 valence electrons. The molecule has 2 rings (SSSR count). The Morgan fingerprint density at radius 3 is 2.24 bits per heavy atom. The summed E-state index contributed by atoms with van der Waals surface area (Å²) in [6.07, 6.45) is 0. The molecule has 0 fully saturated rings. The molecular weight excluding hydrogens is 212 g/mol. The molecule has 2 aromatic carbocycles. The Morgan fingerprint density at radius 2 is 1.65 bits per heavy atom. The van der Waals surface area contributed by atoms with Gasteiger partial charge in [-0.2, -0.15) is 0 Å². The molecule has 0 aliphatic heterocycles. The number of hydrogen-bond donors (Lipinski definition) is 0. The van der Waals surface area contributed by atoms with E-state index in [1.165, 1.54) is 10.9 Å². The first-order chi connectivity index (χ1) is 8.15. The Balaban J connectivity index is 2.65. The predicted octanol–water partition coefficient (Wildman–Crippen LogP) is 3.98. The van der Waals surface area contributed by atoms with Gasteiger partial charge < -0.3 is 9.47 Å². The van der Waals surface area contributed by atoms with Gasteiger partial charge in [0.1, 0.15) is 11.5 Å². The van der Waals surface area contributed by atoms with Gasteiger partial charge in [-0.05, 0) is 46.5 Å².